The van der Waals surface area contributed by atoms with E-state index in [0.29, 0.717) is 24.3 Å². The Labute approximate surface area is 167 Å². The summed E-state index contributed by atoms with van der Waals surface area (Å²) in [6.07, 6.45) is 0.674. The quantitative estimate of drug-likeness (QED) is 0.628. The number of hydrogen-bond donors (Lipinski definition) is 3. The topological polar surface area (TPSA) is 94.3 Å². The highest BCUT2D eigenvalue weighted by Crippen LogP contribution is 2.28. The summed E-state index contributed by atoms with van der Waals surface area (Å²) in [5.41, 5.74) is 4.22. The van der Waals surface area contributed by atoms with Gasteiger partial charge in [-0.3, -0.25) is 14.4 Å². The molecule has 3 heterocycles. The number of rotatable bonds is 2. The molecule has 0 bridgehead atoms. The maximum Gasteiger partial charge on any atom is 0.254 e. The molecule has 0 spiro atoms. The molecule has 3 N–H and O–H groups in total. The maximum absolute atomic E-state index is 13.0. The van der Waals surface area contributed by atoms with Crippen molar-refractivity contribution in [2.75, 3.05) is 11.9 Å². The van der Waals surface area contributed by atoms with Crippen molar-refractivity contribution in [2.45, 2.75) is 25.4 Å². The number of carbonyl (C=O) groups is 3. The van der Waals surface area contributed by atoms with E-state index >= 15 is 0 Å². The third kappa shape index (κ3) is 3.04. The Morgan fingerprint density at radius 3 is 2.76 bits per heavy atom. The number of fused-ring (bicyclic) bond motifs is 4. The van der Waals surface area contributed by atoms with Gasteiger partial charge in [-0.05, 0) is 18.2 Å². The lowest BCUT2D eigenvalue weighted by molar-refractivity contribution is -0.134. The summed E-state index contributed by atoms with van der Waals surface area (Å²) in [6.45, 7) is 1.09. The van der Waals surface area contributed by atoms with Gasteiger partial charge in [0.15, 0.2) is 0 Å². The molecule has 146 valence electrons. The van der Waals surface area contributed by atoms with Crippen LogP contribution in [0.1, 0.15) is 28.0 Å². The molecule has 0 aliphatic carbocycles. The summed E-state index contributed by atoms with van der Waals surface area (Å²) in [6, 6.07) is 14.0. The van der Waals surface area contributed by atoms with Crippen molar-refractivity contribution in [1.29, 1.82) is 0 Å². The standard InChI is InChI=1S/C22H20N4O3/c27-20(11-19-22(29)24-17-8-4-2-6-14(17)21(28)25-19)26-10-9-18-15(12-26)13-5-1-3-7-16(13)23-18/h1-8,19,23H,9-12H2,(H,24,29)(H,25,28). The molecule has 1 unspecified atom stereocenters. The van der Waals surface area contributed by atoms with E-state index in [1.807, 2.05) is 18.2 Å². The van der Waals surface area contributed by atoms with E-state index < -0.39 is 6.04 Å². The molecule has 29 heavy (non-hydrogen) atoms. The predicted molar refractivity (Wildman–Crippen MR) is 108 cm³/mol. The minimum Gasteiger partial charge on any atom is -0.358 e. The number of para-hydroxylation sites is 2. The van der Waals surface area contributed by atoms with Gasteiger partial charge in [0.25, 0.3) is 5.91 Å². The van der Waals surface area contributed by atoms with Crippen molar-refractivity contribution in [3.8, 4) is 0 Å². The molecule has 2 aliphatic heterocycles. The number of hydrogen-bond acceptors (Lipinski definition) is 3. The fraction of sp³-hybridized carbons (Fsp3) is 0.227. The lowest BCUT2D eigenvalue weighted by atomic mass is 10.0. The van der Waals surface area contributed by atoms with Crippen LogP contribution in [0.15, 0.2) is 48.5 Å². The third-order valence-electron chi connectivity index (χ3n) is 5.67. The van der Waals surface area contributed by atoms with Gasteiger partial charge >= 0.3 is 0 Å². The van der Waals surface area contributed by atoms with Crippen molar-refractivity contribution in [2.24, 2.45) is 0 Å². The van der Waals surface area contributed by atoms with Crippen LogP contribution in [0.5, 0.6) is 0 Å². The van der Waals surface area contributed by atoms with Crippen molar-refractivity contribution >= 4 is 34.3 Å². The highest BCUT2D eigenvalue weighted by atomic mass is 16.2. The zero-order valence-electron chi connectivity index (χ0n) is 15.7. The van der Waals surface area contributed by atoms with Crippen LogP contribution >= 0.6 is 0 Å². The van der Waals surface area contributed by atoms with Crippen molar-refractivity contribution in [3.05, 3.63) is 65.4 Å². The number of aromatic nitrogens is 1. The van der Waals surface area contributed by atoms with Crippen LogP contribution in [-0.2, 0) is 22.6 Å². The summed E-state index contributed by atoms with van der Waals surface area (Å²) in [5.74, 6) is -0.872. The molecule has 0 radical (unpaired) electrons. The molecule has 1 atom stereocenters. The molecule has 5 rings (SSSR count). The first-order valence-electron chi connectivity index (χ1n) is 9.67. The number of carbonyl (C=O) groups excluding carboxylic acids is 3. The first-order valence-corrected chi connectivity index (χ1v) is 9.67. The molecule has 3 amide bonds. The maximum atomic E-state index is 13.0. The second-order valence-electron chi connectivity index (χ2n) is 7.46. The second kappa shape index (κ2) is 6.77. The average molecular weight is 388 g/mol. The van der Waals surface area contributed by atoms with Gasteiger partial charge in [-0.15, -0.1) is 0 Å². The van der Waals surface area contributed by atoms with E-state index in [1.165, 1.54) is 0 Å². The molecule has 7 nitrogen and oxygen atoms in total. The van der Waals surface area contributed by atoms with Crippen LogP contribution in [0.3, 0.4) is 0 Å². The lowest BCUT2D eigenvalue weighted by Crippen LogP contribution is -2.46. The molecule has 2 aliphatic rings. The zero-order chi connectivity index (χ0) is 20.0. The molecular formula is C22H20N4O3. The largest absolute Gasteiger partial charge is 0.358 e. The van der Waals surface area contributed by atoms with Crippen LogP contribution in [0.4, 0.5) is 5.69 Å². The van der Waals surface area contributed by atoms with Gasteiger partial charge in [-0.25, -0.2) is 0 Å². The van der Waals surface area contributed by atoms with Crippen LogP contribution in [0, 0.1) is 0 Å². The van der Waals surface area contributed by atoms with Gasteiger partial charge < -0.3 is 20.5 Å². The Balaban J connectivity index is 1.33. The van der Waals surface area contributed by atoms with Crippen molar-refractivity contribution in [3.63, 3.8) is 0 Å². The summed E-state index contributed by atoms with van der Waals surface area (Å²) in [7, 11) is 0. The molecular weight excluding hydrogens is 368 g/mol. The van der Waals surface area contributed by atoms with E-state index in [9.17, 15) is 14.4 Å². The predicted octanol–water partition coefficient (Wildman–Crippen LogP) is 2.19. The highest BCUT2D eigenvalue weighted by Gasteiger charge is 2.32. The van der Waals surface area contributed by atoms with Gasteiger partial charge in [0.05, 0.1) is 17.7 Å². The number of benzene rings is 2. The van der Waals surface area contributed by atoms with Crippen LogP contribution in [0.25, 0.3) is 10.9 Å². The second-order valence-corrected chi connectivity index (χ2v) is 7.46. The van der Waals surface area contributed by atoms with Gasteiger partial charge in [-0.1, -0.05) is 30.3 Å². The summed E-state index contributed by atoms with van der Waals surface area (Å²) < 4.78 is 0. The summed E-state index contributed by atoms with van der Waals surface area (Å²) >= 11 is 0. The molecule has 3 aromatic rings. The highest BCUT2D eigenvalue weighted by molar-refractivity contribution is 6.10. The molecule has 0 fully saturated rings. The Bertz CT molecular complexity index is 1150. The van der Waals surface area contributed by atoms with Crippen LogP contribution in [-0.4, -0.2) is 40.2 Å². The molecule has 2 aromatic carbocycles. The number of amides is 3. The van der Waals surface area contributed by atoms with E-state index in [1.54, 1.807) is 29.2 Å². The lowest BCUT2D eigenvalue weighted by Gasteiger charge is -2.28. The van der Waals surface area contributed by atoms with Gasteiger partial charge in [0.1, 0.15) is 6.04 Å². The molecule has 7 heteroatoms. The van der Waals surface area contributed by atoms with Gasteiger partial charge in [-0.2, -0.15) is 0 Å². The number of anilines is 1. The summed E-state index contributed by atoms with van der Waals surface area (Å²) in [4.78, 5) is 43.2. The fourth-order valence-corrected chi connectivity index (χ4v) is 4.14. The molecule has 0 saturated carbocycles. The summed E-state index contributed by atoms with van der Waals surface area (Å²) in [5, 5.41) is 6.56. The van der Waals surface area contributed by atoms with Gasteiger partial charge in [0.2, 0.25) is 11.8 Å². The first-order chi connectivity index (χ1) is 14.1. The van der Waals surface area contributed by atoms with Crippen LogP contribution < -0.4 is 10.6 Å². The molecule has 1 aromatic heterocycles. The van der Waals surface area contributed by atoms with Crippen molar-refractivity contribution in [1.82, 2.24) is 15.2 Å². The third-order valence-corrected chi connectivity index (χ3v) is 5.67. The fourth-order valence-electron chi connectivity index (χ4n) is 4.14. The van der Waals surface area contributed by atoms with Gasteiger partial charge in [0, 0.05) is 41.7 Å². The Hall–Kier alpha value is -3.61. The number of nitrogens with one attached hydrogen (secondary N) is 3. The van der Waals surface area contributed by atoms with E-state index in [0.717, 1.165) is 28.6 Å². The Morgan fingerprint density at radius 2 is 1.86 bits per heavy atom. The Morgan fingerprint density at radius 1 is 1.07 bits per heavy atom. The SMILES string of the molecule is O=C1NC(CC(=O)N2CCc3[nH]c4ccccc4c3C2)C(=O)Nc2ccccc21. The minimum absolute atomic E-state index is 0.0662. The normalized spacial score (nSPS) is 18.5. The number of H-pyrrole nitrogens is 1. The minimum atomic E-state index is -0.897. The van der Waals surface area contributed by atoms with E-state index in [-0.39, 0.29) is 24.1 Å². The van der Waals surface area contributed by atoms with E-state index in [2.05, 4.69) is 21.7 Å². The van der Waals surface area contributed by atoms with Crippen molar-refractivity contribution < 1.29 is 14.4 Å². The van der Waals surface area contributed by atoms with Crippen LogP contribution in [0.2, 0.25) is 0 Å². The zero-order valence-corrected chi connectivity index (χ0v) is 15.7. The van der Waals surface area contributed by atoms with E-state index in [4.69, 9.17) is 0 Å². The molecule has 0 saturated heterocycles. The smallest absolute Gasteiger partial charge is 0.254 e. The average Bonchev–Trinajstić information content (AvgIpc) is 3.05. The number of nitrogens with zero attached hydrogens (tertiary/aromatic N) is 1. The monoisotopic (exact) mass is 388 g/mol. The first kappa shape index (κ1) is 17.5. The Kier molecular flexibility index (Phi) is 4.08. The number of aromatic amines is 1.